The number of nitrogens with one attached hydrogen (secondary N) is 1. The molecule has 21 heavy (non-hydrogen) atoms. The van der Waals surface area contributed by atoms with Crippen molar-refractivity contribution in [2.24, 2.45) is 0 Å². The molecule has 116 valence electrons. The second-order valence-corrected chi connectivity index (χ2v) is 6.09. The summed E-state index contributed by atoms with van der Waals surface area (Å²) < 4.78 is 5.62. The zero-order valence-corrected chi connectivity index (χ0v) is 13.1. The lowest BCUT2D eigenvalue weighted by Gasteiger charge is -2.32. The van der Waals surface area contributed by atoms with Crippen molar-refractivity contribution in [2.45, 2.75) is 58.0 Å². The summed E-state index contributed by atoms with van der Waals surface area (Å²) >= 11 is 0. The first-order chi connectivity index (χ1) is 10.3. The van der Waals surface area contributed by atoms with Crippen LogP contribution in [0.1, 0.15) is 44.6 Å². The van der Waals surface area contributed by atoms with E-state index in [1.165, 1.54) is 32.1 Å². The van der Waals surface area contributed by atoms with Gasteiger partial charge in [0.15, 0.2) is 0 Å². The third kappa shape index (κ3) is 3.46. The van der Waals surface area contributed by atoms with Crippen LogP contribution >= 0.6 is 0 Å². The Balaban J connectivity index is 1.78. The number of anilines is 1. The summed E-state index contributed by atoms with van der Waals surface area (Å²) in [6, 6.07) is 1.24. The van der Waals surface area contributed by atoms with Gasteiger partial charge in [0.2, 0.25) is 5.88 Å². The van der Waals surface area contributed by atoms with Gasteiger partial charge in [0.1, 0.15) is 12.1 Å². The molecule has 1 atom stereocenters. The van der Waals surface area contributed by atoms with E-state index in [2.05, 4.69) is 27.1 Å². The minimum absolute atomic E-state index is 0.587. The second-order valence-electron chi connectivity index (χ2n) is 6.09. The quantitative estimate of drug-likeness (QED) is 0.871. The fraction of sp³-hybridized carbons (Fsp3) is 0.750. The average molecular weight is 290 g/mol. The topological polar surface area (TPSA) is 50.3 Å². The highest BCUT2D eigenvalue weighted by atomic mass is 16.5. The first-order valence-electron chi connectivity index (χ1n) is 8.24. The van der Waals surface area contributed by atoms with Crippen molar-refractivity contribution in [2.75, 3.05) is 24.6 Å². The van der Waals surface area contributed by atoms with Gasteiger partial charge in [0.25, 0.3) is 0 Å². The SMILES string of the molecule is CCOc1ncnc(N(CC2CCCCN2)C2CC2)c1C. The highest BCUT2D eigenvalue weighted by Gasteiger charge is 2.33. The monoisotopic (exact) mass is 290 g/mol. The van der Waals surface area contributed by atoms with Crippen LogP contribution in [0.25, 0.3) is 0 Å². The van der Waals surface area contributed by atoms with Crippen molar-refractivity contribution in [3.63, 3.8) is 0 Å². The zero-order valence-electron chi connectivity index (χ0n) is 13.1. The molecule has 0 bridgehead atoms. The van der Waals surface area contributed by atoms with E-state index in [-0.39, 0.29) is 0 Å². The Morgan fingerprint density at radius 1 is 1.29 bits per heavy atom. The van der Waals surface area contributed by atoms with Crippen molar-refractivity contribution in [1.82, 2.24) is 15.3 Å². The summed E-state index contributed by atoms with van der Waals surface area (Å²) in [4.78, 5) is 11.3. The molecule has 1 aromatic rings. The van der Waals surface area contributed by atoms with Crippen molar-refractivity contribution in [3.8, 4) is 5.88 Å². The lowest BCUT2D eigenvalue weighted by Crippen LogP contribution is -2.45. The fourth-order valence-electron chi connectivity index (χ4n) is 3.11. The van der Waals surface area contributed by atoms with Gasteiger partial charge in [0.05, 0.1) is 12.2 Å². The molecule has 1 saturated heterocycles. The van der Waals surface area contributed by atoms with Gasteiger partial charge in [-0.25, -0.2) is 9.97 Å². The van der Waals surface area contributed by atoms with Crippen LogP contribution in [-0.2, 0) is 0 Å². The molecule has 5 nitrogen and oxygen atoms in total. The summed E-state index contributed by atoms with van der Waals surface area (Å²) in [5.74, 6) is 1.79. The summed E-state index contributed by atoms with van der Waals surface area (Å²) in [7, 11) is 0. The first-order valence-corrected chi connectivity index (χ1v) is 8.24. The number of nitrogens with zero attached hydrogens (tertiary/aromatic N) is 3. The van der Waals surface area contributed by atoms with Gasteiger partial charge >= 0.3 is 0 Å². The van der Waals surface area contributed by atoms with Crippen molar-refractivity contribution >= 4 is 5.82 Å². The minimum Gasteiger partial charge on any atom is -0.478 e. The lowest BCUT2D eigenvalue weighted by molar-refractivity contribution is 0.323. The summed E-state index contributed by atoms with van der Waals surface area (Å²) in [5.41, 5.74) is 1.07. The number of rotatable bonds is 6. The molecule has 2 aliphatic rings. The van der Waals surface area contributed by atoms with Gasteiger partial charge in [-0.2, -0.15) is 0 Å². The van der Waals surface area contributed by atoms with E-state index in [0.29, 0.717) is 18.7 Å². The van der Waals surface area contributed by atoms with Crippen LogP contribution in [0.5, 0.6) is 5.88 Å². The van der Waals surface area contributed by atoms with E-state index in [4.69, 9.17) is 4.74 Å². The fourth-order valence-corrected chi connectivity index (χ4v) is 3.11. The molecular weight excluding hydrogens is 264 g/mol. The molecule has 0 aromatic carbocycles. The molecule has 1 saturated carbocycles. The van der Waals surface area contributed by atoms with Gasteiger partial charge in [-0.3, -0.25) is 0 Å². The molecule has 1 N–H and O–H groups in total. The van der Waals surface area contributed by atoms with Gasteiger partial charge in [-0.15, -0.1) is 0 Å². The maximum absolute atomic E-state index is 5.62. The maximum atomic E-state index is 5.62. The smallest absolute Gasteiger partial charge is 0.221 e. The highest BCUT2D eigenvalue weighted by molar-refractivity contribution is 5.52. The van der Waals surface area contributed by atoms with Crippen molar-refractivity contribution in [1.29, 1.82) is 0 Å². The zero-order chi connectivity index (χ0) is 14.7. The minimum atomic E-state index is 0.587. The van der Waals surface area contributed by atoms with Crippen molar-refractivity contribution < 1.29 is 4.74 Å². The Morgan fingerprint density at radius 3 is 2.81 bits per heavy atom. The average Bonchev–Trinajstić information content (AvgIpc) is 3.33. The van der Waals surface area contributed by atoms with Gasteiger partial charge < -0.3 is 15.0 Å². The van der Waals surface area contributed by atoms with E-state index in [0.717, 1.165) is 30.4 Å². The standard InChI is InChI=1S/C16H26N4O/c1-3-21-16-12(2)15(18-11-19-16)20(14-7-8-14)10-13-6-4-5-9-17-13/h11,13-14,17H,3-10H2,1-2H3. The number of piperidine rings is 1. The number of hydrogen-bond acceptors (Lipinski definition) is 5. The van der Waals surface area contributed by atoms with Crippen molar-refractivity contribution in [3.05, 3.63) is 11.9 Å². The van der Waals surface area contributed by atoms with Crippen LogP contribution in [0.15, 0.2) is 6.33 Å². The van der Waals surface area contributed by atoms with E-state index < -0.39 is 0 Å². The molecule has 1 unspecified atom stereocenters. The lowest BCUT2D eigenvalue weighted by atomic mass is 10.0. The highest BCUT2D eigenvalue weighted by Crippen LogP contribution is 2.34. The van der Waals surface area contributed by atoms with E-state index in [1.54, 1.807) is 6.33 Å². The molecule has 2 heterocycles. The van der Waals surface area contributed by atoms with Crippen LogP contribution in [0.3, 0.4) is 0 Å². The summed E-state index contributed by atoms with van der Waals surface area (Å²) in [6.07, 6.45) is 8.10. The Hall–Kier alpha value is -1.36. The van der Waals surface area contributed by atoms with Gasteiger partial charge in [0, 0.05) is 18.6 Å². The van der Waals surface area contributed by atoms with Crippen LogP contribution in [0.2, 0.25) is 0 Å². The molecule has 1 aromatic heterocycles. The number of hydrogen-bond donors (Lipinski definition) is 1. The summed E-state index contributed by atoms with van der Waals surface area (Å²) in [5, 5.41) is 3.64. The molecule has 0 spiro atoms. The summed E-state index contributed by atoms with van der Waals surface area (Å²) in [6.45, 7) is 6.91. The Kier molecular flexibility index (Phi) is 4.58. The predicted molar refractivity (Wildman–Crippen MR) is 83.9 cm³/mol. The third-order valence-corrected chi connectivity index (χ3v) is 4.38. The molecular formula is C16H26N4O. The third-order valence-electron chi connectivity index (χ3n) is 4.38. The molecule has 0 amide bonds. The number of aromatic nitrogens is 2. The molecule has 5 heteroatoms. The predicted octanol–water partition coefficient (Wildman–Crippen LogP) is 2.29. The molecule has 0 radical (unpaired) electrons. The molecule has 1 aliphatic carbocycles. The van der Waals surface area contributed by atoms with E-state index in [9.17, 15) is 0 Å². The van der Waals surface area contributed by atoms with Gasteiger partial charge in [-0.1, -0.05) is 6.42 Å². The van der Waals surface area contributed by atoms with Crippen LogP contribution in [-0.4, -0.2) is 41.7 Å². The van der Waals surface area contributed by atoms with Crippen LogP contribution < -0.4 is 15.0 Å². The second kappa shape index (κ2) is 6.60. The van der Waals surface area contributed by atoms with E-state index >= 15 is 0 Å². The normalized spacial score (nSPS) is 22.1. The molecule has 2 fully saturated rings. The number of ether oxygens (including phenoxy) is 1. The largest absolute Gasteiger partial charge is 0.478 e. The molecule has 1 aliphatic heterocycles. The first kappa shape index (κ1) is 14.6. The van der Waals surface area contributed by atoms with Crippen LogP contribution in [0.4, 0.5) is 5.82 Å². The Bertz CT molecular complexity index is 469. The van der Waals surface area contributed by atoms with Crippen LogP contribution in [0, 0.1) is 6.92 Å². The Morgan fingerprint density at radius 2 is 2.14 bits per heavy atom. The van der Waals surface area contributed by atoms with E-state index in [1.807, 2.05) is 6.92 Å². The maximum Gasteiger partial charge on any atom is 0.221 e. The van der Waals surface area contributed by atoms with Gasteiger partial charge in [-0.05, 0) is 46.1 Å². The molecule has 3 rings (SSSR count). The Labute approximate surface area is 127 Å².